The van der Waals surface area contributed by atoms with E-state index >= 15 is 0 Å². The molecule has 0 aliphatic rings. The minimum atomic E-state index is -4.35. The summed E-state index contributed by atoms with van der Waals surface area (Å²) in [6, 6.07) is 6.72. The van der Waals surface area contributed by atoms with Gasteiger partial charge in [0.2, 0.25) is 0 Å². The molecule has 0 aliphatic heterocycles. The number of methoxy groups -OCH3 is 1. The molecule has 2 aromatic rings. The third kappa shape index (κ3) is 5.57. The van der Waals surface area contributed by atoms with Crippen LogP contribution < -0.4 is 14.8 Å². The molecule has 0 saturated heterocycles. The van der Waals surface area contributed by atoms with Gasteiger partial charge in [-0.1, -0.05) is 45.4 Å². The molecule has 0 aromatic heterocycles. The molecule has 0 saturated carbocycles. The number of halogens is 1. The maximum atomic E-state index is 12.9. The molecule has 2 aromatic carbocycles. The molecule has 2 amide bonds. The monoisotopic (exact) mass is 466 g/mol. The number of hydrogen-bond acceptors (Lipinski definition) is 5. The highest BCUT2D eigenvalue weighted by atomic mass is 35.5. The predicted octanol–water partition coefficient (Wildman–Crippen LogP) is 5.31. The molecule has 168 valence electrons. The van der Waals surface area contributed by atoms with Crippen molar-refractivity contribution >= 4 is 39.1 Å². The van der Waals surface area contributed by atoms with E-state index in [1.165, 1.54) is 32.2 Å². The van der Waals surface area contributed by atoms with Crippen molar-refractivity contribution in [1.29, 1.82) is 0 Å². The van der Waals surface area contributed by atoms with Gasteiger partial charge in [-0.15, -0.1) is 0 Å². The number of carbonyl (C=O) groups is 2. The quantitative estimate of drug-likeness (QED) is 0.538. The molecule has 0 spiro atoms. The Bertz CT molecular complexity index is 1080. The normalized spacial score (nSPS) is 11.5. The molecule has 7 nitrogen and oxygen atoms in total. The highest BCUT2D eigenvalue weighted by molar-refractivity contribution is 7.90. The highest BCUT2D eigenvalue weighted by Gasteiger charge is 2.27. The highest BCUT2D eigenvalue weighted by Crippen LogP contribution is 2.35. The van der Waals surface area contributed by atoms with Crippen molar-refractivity contribution in [1.82, 2.24) is 4.72 Å². The van der Waals surface area contributed by atoms with Crippen LogP contribution in [0.2, 0.25) is 5.02 Å². The van der Waals surface area contributed by atoms with Crippen molar-refractivity contribution in [3.05, 3.63) is 52.0 Å². The van der Waals surface area contributed by atoms with Crippen LogP contribution in [0.25, 0.3) is 0 Å². The molecule has 0 aliphatic carbocycles. The zero-order valence-electron chi connectivity index (χ0n) is 18.4. The number of anilines is 1. The number of nitrogens with one attached hydrogen (secondary N) is 2. The third-order valence-corrected chi connectivity index (χ3v) is 6.31. The van der Waals surface area contributed by atoms with Gasteiger partial charge in [-0.3, -0.25) is 4.79 Å². The second-order valence-corrected chi connectivity index (χ2v) is 9.81. The summed E-state index contributed by atoms with van der Waals surface area (Å²) >= 11 is 6.24. The lowest BCUT2D eigenvalue weighted by atomic mass is 9.92. The Morgan fingerprint density at radius 3 is 2.03 bits per heavy atom. The van der Waals surface area contributed by atoms with E-state index in [4.69, 9.17) is 16.3 Å². The van der Waals surface area contributed by atoms with Crippen LogP contribution >= 0.6 is 11.6 Å². The Morgan fingerprint density at radius 1 is 1.03 bits per heavy atom. The smallest absolute Gasteiger partial charge is 0.333 e. The third-order valence-electron chi connectivity index (χ3n) is 4.72. The van der Waals surface area contributed by atoms with E-state index in [1.54, 1.807) is 12.1 Å². The summed E-state index contributed by atoms with van der Waals surface area (Å²) in [5.41, 5.74) is 1.96. The van der Waals surface area contributed by atoms with Gasteiger partial charge in [-0.25, -0.2) is 17.9 Å². The van der Waals surface area contributed by atoms with Crippen molar-refractivity contribution in [2.24, 2.45) is 0 Å². The van der Waals surface area contributed by atoms with Gasteiger partial charge in [-0.05, 0) is 54.2 Å². The SMILES string of the molecule is COc1cccc(S(=O)(=O)NC(=O)Nc2c(C(C)C)cc(Cl)cc2C(C)C)c1C(C)=O. The van der Waals surface area contributed by atoms with Gasteiger partial charge < -0.3 is 10.1 Å². The number of hydrogen-bond donors (Lipinski definition) is 2. The van der Waals surface area contributed by atoms with Crippen LogP contribution in [-0.4, -0.2) is 27.3 Å². The van der Waals surface area contributed by atoms with Crippen molar-refractivity contribution in [3.8, 4) is 5.75 Å². The van der Waals surface area contributed by atoms with Gasteiger partial charge in [0.25, 0.3) is 10.0 Å². The summed E-state index contributed by atoms with van der Waals surface area (Å²) in [6.07, 6.45) is 0. The molecule has 2 N–H and O–H groups in total. The van der Waals surface area contributed by atoms with E-state index in [1.807, 2.05) is 32.4 Å². The summed E-state index contributed by atoms with van der Waals surface area (Å²) < 4.78 is 32.9. The zero-order valence-corrected chi connectivity index (χ0v) is 19.9. The van der Waals surface area contributed by atoms with Crippen molar-refractivity contribution in [2.75, 3.05) is 12.4 Å². The largest absolute Gasteiger partial charge is 0.496 e. The molecule has 0 radical (unpaired) electrons. The second kappa shape index (κ2) is 9.70. The summed E-state index contributed by atoms with van der Waals surface area (Å²) in [5, 5.41) is 3.20. The van der Waals surface area contributed by atoms with Gasteiger partial charge in [0, 0.05) is 10.7 Å². The number of Topliss-reactive ketones (excluding diaryl/α,β-unsaturated/α-hetero) is 1. The van der Waals surface area contributed by atoms with E-state index in [9.17, 15) is 18.0 Å². The summed E-state index contributed by atoms with van der Waals surface area (Å²) in [6.45, 7) is 9.03. The van der Waals surface area contributed by atoms with Crippen LogP contribution in [0.3, 0.4) is 0 Å². The molecule has 31 heavy (non-hydrogen) atoms. The molecule has 0 bridgehead atoms. The van der Waals surface area contributed by atoms with E-state index < -0.39 is 21.8 Å². The van der Waals surface area contributed by atoms with Crippen LogP contribution in [-0.2, 0) is 10.0 Å². The summed E-state index contributed by atoms with van der Waals surface area (Å²) in [7, 11) is -3.02. The number of ketones is 1. The van der Waals surface area contributed by atoms with Gasteiger partial charge in [0.05, 0.1) is 12.7 Å². The van der Waals surface area contributed by atoms with Gasteiger partial charge in [0.15, 0.2) is 5.78 Å². The first-order chi connectivity index (χ1) is 14.4. The van der Waals surface area contributed by atoms with Crippen LogP contribution in [0, 0.1) is 0 Å². The molecule has 0 unspecified atom stereocenters. The lowest BCUT2D eigenvalue weighted by molar-refractivity contribution is 0.101. The Labute approximate surface area is 188 Å². The number of rotatable bonds is 7. The number of amides is 2. The fourth-order valence-electron chi connectivity index (χ4n) is 3.27. The fraction of sp³-hybridized carbons (Fsp3) is 0.364. The average molecular weight is 467 g/mol. The molecule has 0 fully saturated rings. The standard InChI is InChI=1S/C22H27ClN2O5S/c1-12(2)16-10-15(23)11-17(13(3)4)21(16)24-22(27)25-31(28,29)19-9-7-8-18(30-6)20(19)14(5)26/h7-13H,1-6H3,(H2,24,25,27). The lowest BCUT2D eigenvalue weighted by Crippen LogP contribution is -2.35. The average Bonchev–Trinajstić information content (AvgIpc) is 2.67. The minimum absolute atomic E-state index is 0.0332. The summed E-state index contributed by atoms with van der Waals surface area (Å²) in [4.78, 5) is 24.4. The van der Waals surface area contributed by atoms with E-state index in [-0.39, 0.29) is 28.0 Å². The van der Waals surface area contributed by atoms with E-state index in [0.29, 0.717) is 10.7 Å². The number of benzene rings is 2. The van der Waals surface area contributed by atoms with Crippen molar-refractivity contribution < 1.29 is 22.7 Å². The number of carbonyl (C=O) groups excluding carboxylic acids is 2. The van der Waals surface area contributed by atoms with Gasteiger partial charge >= 0.3 is 6.03 Å². The van der Waals surface area contributed by atoms with Crippen molar-refractivity contribution in [2.45, 2.75) is 51.3 Å². The first-order valence-electron chi connectivity index (χ1n) is 9.74. The molecule has 0 atom stereocenters. The Balaban J connectivity index is 2.45. The molecular weight excluding hydrogens is 440 g/mol. The molecule has 0 heterocycles. The van der Waals surface area contributed by atoms with E-state index in [2.05, 4.69) is 5.32 Å². The summed E-state index contributed by atoms with van der Waals surface area (Å²) in [5.74, 6) is -0.325. The van der Waals surface area contributed by atoms with Crippen LogP contribution in [0.5, 0.6) is 5.75 Å². The lowest BCUT2D eigenvalue weighted by Gasteiger charge is -2.21. The predicted molar refractivity (Wildman–Crippen MR) is 122 cm³/mol. The number of sulfonamides is 1. The minimum Gasteiger partial charge on any atom is -0.496 e. The van der Waals surface area contributed by atoms with Gasteiger partial charge in [-0.2, -0.15) is 0 Å². The topological polar surface area (TPSA) is 102 Å². The Morgan fingerprint density at radius 2 is 1.58 bits per heavy atom. The first kappa shape index (κ1) is 24.7. The Kier molecular flexibility index (Phi) is 7.72. The number of urea groups is 1. The first-order valence-corrected chi connectivity index (χ1v) is 11.6. The van der Waals surface area contributed by atoms with Crippen LogP contribution in [0.4, 0.5) is 10.5 Å². The fourth-order valence-corrected chi connectivity index (χ4v) is 4.68. The second-order valence-electron chi connectivity index (χ2n) is 7.72. The number of ether oxygens (including phenoxy) is 1. The molecule has 2 rings (SSSR count). The molecular formula is C22H27ClN2O5S. The van der Waals surface area contributed by atoms with E-state index in [0.717, 1.165) is 11.1 Å². The molecule has 9 heteroatoms. The van der Waals surface area contributed by atoms with Crippen LogP contribution in [0.1, 0.15) is 67.9 Å². The Hall–Kier alpha value is -2.58. The van der Waals surface area contributed by atoms with Crippen LogP contribution in [0.15, 0.2) is 35.2 Å². The zero-order chi connectivity index (χ0) is 23.5. The maximum absolute atomic E-state index is 12.9. The maximum Gasteiger partial charge on any atom is 0.333 e. The van der Waals surface area contributed by atoms with Crippen molar-refractivity contribution in [3.63, 3.8) is 0 Å². The van der Waals surface area contributed by atoms with Gasteiger partial charge in [0.1, 0.15) is 10.6 Å².